The zero-order valence-corrected chi connectivity index (χ0v) is 35.7. The Morgan fingerprint density at radius 3 is 1.20 bits per heavy atom. The van der Waals surface area contributed by atoms with Crippen molar-refractivity contribution in [1.82, 2.24) is 0 Å². The molecule has 0 radical (unpaired) electrons. The number of unbranched alkanes of at least 4 members (excludes halogenated alkanes) is 18. The lowest BCUT2D eigenvalue weighted by Crippen LogP contribution is -2.28. The third-order valence-electron chi connectivity index (χ3n) is 9.42. The van der Waals surface area contributed by atoms with Gasteiger partial charge in [-0.3, -0.25) is 9.59 Å². The minimum Gasteiger partial charge on any atom is -0.462 e. The van der Waals surface area contributed by atoms with Crippen LogP contribution in [0.25, 0.3) is 0 Å². The van der Waals surface area contributed by atoms with E-state index in [9.17, 15) is 14.7 Å². The number of carbonyl (C=O) groups is 2. The van der Waals surface area contributed by atoms with Gasteiger partial charge in [-0.05, 0) is 89.9 Å². The van der Waals surface area contributed by atoms with Crippen LogP contribution < -0.4 is 0 Å². The number of aliphatic hydroxyl groups excluding tert-OH is 1. The maximum absolute atomic E-state index is 12.2. The first-order valence-corrected chi connectivity index (χ1v) is 22.6. The Labute approximate surface area is 339 Å². The number of ether oxygens (including phenoxy) is 2. The van der Waals surface area contributed by atoms with E-state index >= 15 is 0 Å². The van der Waals surface area contributed by atoms with Gasteiger partial charge in [0, 0.05) is 12.8 Å². The first-order chi connectivity index (χ1) is 27.1. The summed E-state index contributed by atoms with van der Waals surface area (Å²) < 4.78 is 10.6. The van der Waals surface area contributed by atoms with E-state index in [1.165, 1.54) is 83.5 Å². The van der Waals surface area contributed by atoms with Gasteiger partial charge < -0.3 is 14.6 Å². The molecule has 5 heteroatoms. The summed E-state index contributed by atoms with van der Waals surface area (Å²) in [6.45, 7) is 4.00. The van der Waals surface area contributed by atoms with E-state index in [1.807, 2.05) is 0 Å². The maximum Gasteiger partial charge on any atom is 0.306 e. The van der Waals surface area contributed by atoms with E-state index < -0.39 is 6.10 Å². The summed E-state index contributed by atoms with van der Waals surface area (Å²) in [6, 6.07) is 0. The molecule has 0 aromatic carbocycles. The highest BCUT2D eigenvalue weighted by Crippen LogP contribution is 2.13. The van der Waals surface area contributed by atoms with Gasteiger partial charge in [-0.2, -0.15) is 0 Å². The molecule has 0 aromatic heterocycles. The molecule has 0 aliphatic heterocycles. The average Bonchev–Trinajstić information content (AvgIpc) is 3.19. The van der Waals surface area contributed by atoms with Crippen molar-refractivity contribution >= 4 is 11.9 Å². The highest BCUT2D eigenvalue weighted by atomic mass is 16.6. The average molecular weight is 765 g/mol. The molecule has 0 fully saturated rings. The fraction of sp³-hybridized carbons (Fsp3) is 0.680. The van der Waals surface area contributed by atoms with Crippen LogP contribution in [-0.4, -0.2) is 36.4 Å². The van der Waals surface area contributed by atoms with Crippen molar-refractivity contribution < 1.29 is 24.2 Å². The molecule has 1 atom stereocenters. The van der Waals surface area contributed by atoms with Crippen molar-refractivity contribution in [1.29, 1.82) is 0 Å². The summed E-state index contributed by atoms with van der Waals surface area (Å²) in [4.78, 5) is 24.4. The van der Waals surface area contributed by atoms with Gasteiger partial charge in [0.25, 0.3) is 0 Å². The van der Waals surface area contributed by atoms with Crippen LogP contribution in [0.1, 0.15) is 200 Å². The first kappa shape index (κ1) is 52.1. The number of rotatable bonds is 40. The van der Waals surface area contributed by atoms with Crippen molar-refractivity contribution in [2.24, 2.45) is 0 Å². The summed E-state index contributed by atoms with van der Waals surface area (Å²) in [7, 11) is 0. The molecule has 0 rings (SSSR count). The fourth-order valence-electron chi connectivity index (χ4n) is 6.02. The van der Waals surface area contributed by atoms with Crippen molar-refractivity contribution in [3.05, 3.63) is 85.1 Å². The van der Waals surface area contributed by atoms with Gasteiger partial charge in [0.2, 0.25) is 0 Å². The number of esters is 2. The smallest absolute Gasteiger partial charge is 0.306 e. The Morgan fingerprint density at radius 2 is 0.782 bits per heavy atom. The van der Waals surface area contributed by atoms with E-state index in [4.69, 9.17) is 9.47 Å². The summed E-state index contributed by atoms with van der Waals surface area (Å²) in [5.41, 5.74) is 0. The lowest BCUT2D eigenvalue weighted by atomic mass is 10.1. The second kappa shape index (κ2) is 45.5. The lowest BCUT2D eigenvalue weighted by molar-refractivity contribution is -0.161. The normalized spacial score (nSPS) is 13.0. The monoisotopic (exact) mass is 765 g/mol. The Hall–Kier alpha value is -2.92. The van der Waals surface area contributed by atoms with Crippen molar-refractivity contribution in [3.8, 4) is 0 Å². The van der Waals surface area contributed by atoms with Crippen LogP contribution in [0.2, 0.25) is 0 Å². The van der Waals surface area contributed by atoms with Crippen LogP contribution in [-0.2, 0) is 19.1 Å². The van der Waals surface area contributed by atoms with Gasteiger partial charge in [0.1, 0.15) is 6.61 Å². The van der Waals surface area contributed by atoms with Gasteiger partial charge in [0.05, 0.1) is 6.61 Å². The first-order valence-electron chi connectivity index (χ1n) is 22.6. The third kappa shape index (κ3) is 43.7. The predicted octanol–water partition coefficient (Wildman–Crippen LogP) is 14.7. The molecule has 0 aromatic rings. The Kier molecular flexibility index (Phi) is 43.1. The maximum atomic E-state index is 12.2. The van der Waals surface area contributed by atoms with Gasteiger partial charge >= 0.3 is 11.9 Å². The van der Waals surface area contributed by atoms with Crippen LogP contribution in [0.3, 0.4) is 0 Å². The van der Waals surface area contributed by atoms with Crippen LogP contribution in [0.4, 0.5) is 0 Å². The van der Waals surface area contributed by atoms with Gasteiger partial charge in [-0.1, -0.05) is 182 Å². The molecular weight excluding hydrogens is 681 g/mol. The zero-order valence-electron chi connectivity index (χ0n) is 35.7. The van der Waals surface area contributed by atoms with E-state index in [-0.39, 0.29) is 25.2 Å². The molecule has 0 saturated heterocycles. The predicted molar refractivity (Wildman–Crippen MR) is 237 cm³/mol. The quantitative estimate of drug-likeness (QED) is 0.0382. The van der Waals surface area contributed by atoms with Crippen LogP contribution >= 0.6 is 0 Å². The molecule has 0 bridgehead atoms. The number of hydrogen-bond acceptors (Lipinski definition) is 5. The van der Waals surface area contributed by atoms with Gasteiger partial charge in [-0.25, -0.2) is 0 Å². The second-order valence-corrected chi connectivity index (χ2v) is 14.7. The highest BCUT2D eigenvalue weighted by molar-refractivity contribution is 5.70. The van der Waals surface area contributed by atoms with Gasteiger partial charge in [-0.15, -0.1) is 0 Å². The second-order valence-electron chi connectivity index (χ2n) is 14.7. The Balaban J connectivity index is 3.63. The van der Waals surface area contributed by atoms with E-state index in [0.717, 1.165) is 89.9 Å². The molecule has 0 spiro atoms. The van der Waals surface area contributed by atoms with Crippen molar-refractivity contribution in [2.75, 3.05) is 13.2 Å². The molecule has 1 unspecified atom stereocenters. The summed E-state index contributed by atoms with van der Waals surface area (Å²) in [5.74, 6) is -0.628. The van der Waals surface area contributed by atoms with Crippen LogP contribution in [0.15, 0.2) is 85.1 Å². The molecule has 5 nitrogen and oxygen atoms in total. The zero-order chi connectivity index (χ0) is 40.0. The van der Waals surface area contributed by atoms with Crippen molar-refractivity contribution in [3.63, 3.8) is 0 Å². The molecule has 0 heterocycles. The van der Waals surface area contributed by atoms with Crippen LogP contribution in [0, 0.1) is 0 Å². The minimum atomic E-state index is -0.792. The number of carbonyl (C=O) groups excluding carboxylic acids is 2. The highest BCUT2D eigenvalue weighted by Gasteiger charge is 2.16. The van der Waals surface area contributed by atoms with E-state index in [1.54, 1.807) is 0 Å². The van der Waals surface area contributed by atoms with Crippen LogP contribution in [0.5, 0.6) is 0 Å². The fourth-order valence-corrected chi connectivity index (χ4v) is 6.02. The molecule has 0 aliphatic carbocycles. The van der Waals surface area contributed by atoms with Gasteiger partial charge in [0.15, 0.2) is 6.10 Å². The number of aliphatic hydroxyl groups is 1. The summed E-state index contributed by atoms with van der Waals surface area (Å²) in [5, 5.41) is 9.59. The lowest BCUT2D eigenvalue weighted by Gasteiger charge is -2.15. The molecule has 0 aliphatic rings. The SMILES string of the molecule is CC/C=C\C/C=C\C/C=C\C/C=C\C/C=C\C/C=C\CCCCCCC(=O)OC(CO)COC(=O)CCCCCCCCC/C=C\CCCCCCCCC. The van der Waals surface area contributed by atoms with Crippen molar-refractivity contribution in [2.45, 2.75) is 206 Å². The minimum absolute atomic E-state index is 0.0828. The molecule has 314 valence electrons. The summed E-state index contributed by atoms with van der Waals surface area (Å²) >= 11 is 0. The Bertz CT molecular complexity index is 1050. The Morgan fingerprint density at radius 1 is 0.436 bits per heavy atom. The number of allylic oxidation sites excluding steroid dienone is 14. The third-order valence-corrected chi connectivity index (χ3v) is 9.42. The molecule has 55 heavy (non-hydrogen) atoms. The molecule has 1 N–H and O–H groups in total. The van der Waals surface area contributed by atoms with E-state index in [2.05, 4.69) is 98.9 Å². The van der Waals surface area contributed by atoms with E-state index in [0.29, 0.717) is 12.8 Å². The summed E-state index contributed by atoms with van der Waals surface area (Å²) in [6.07, 6.45) is 62.2. The number of hydrogen-bond donors (Lipinski definition) is 1. The molecule has 0 saturated carbocycles. The molecular formula is C50H84O5. The molecule has 0 amide bonds. The largest absolute Gasteiger partial charge is 0.462 e. The standard InChI is InChI=1S/C50H84O5/c1-3-5-7-9-11-13-15-17-19-21-23-24-25-26-27-29-31-33-35-37-39-41-43-45-50(53)55-48(46-51)47-54-49(52)44-42-40-38-36-34-32-30-28-22-20-18-16-14-12-10-8-6-4-2/h5,7,11,13,17,19-20,22-24,26-27,31,33,48,51H,3-4,6,8-10,12,14-16,18,21,25,28-30,32,34-47H2,1-2H3/b7-5-,13-11-,19-17-,22-20-,24-23-,27-26-,33-31-. The topological polar surface area (TPSA) is 72.8 Å².